The van der Waals surface area contributed by atoms with Crippen molar-refractivity contribution in [3.63, 3.8) is 0 Å². The Bertz CT molecular complexity index is 119. The van der Waals surface area contributed by atoms with Crippen LogP contribution in [0.15, 0.2) is 12.7 Å². The van der Waals surface area contributed by atoms with Crippen LogP contribution in [0.25, 0.3) is 0 Å². The third-order valence-electron chi connectivity index (χ3n) is 0.361. The molecule has 0 atom stereocenters. The summed E-state index contributed by atoms with van der Waals surface area (Å²) in [4.78, 5) is 16.0. The molecule has 6 heteroatoms. The number of phosphoric acid groups is 1. The Morgan fingerprint density at radius 2 is 2.11 bits per heavy atom. The maximum Gasteiger partial charge on any atom is 0.469 e. The zero-order chi connectivity index (χ0) is 6.62. The number of hydrogen-bond donors (Lipinski definition) is 2. The molecule has 0 aromatic rings. The maximum atomic E-state index is 9.81. The van der Waals surface area contributed by atoms with Crippen LogP contribution in [0.2, 0.25) is 0 Å². The molecule has 0 saturated heterocycles. The van der Waals surface area contributed by atoms with Crippen LogP contribution in [-0.2, 0) is 28.6 Å². The summed E-state index contributed by atoms with van der Waals surface area (Å²) in [5.74, 6) is 0. The number of phosphoric ester groups is 1. The molecule has 0 saturated carbocycles. The fourth-order valence-corrected chi connectivity index (χ4v) is 0.449. The van der Waals surface area contributed by atoms with Crippen LogP contribution in [0.5, 0.6) is 0 Å². The van der Waals surface area contributed by atoms with Crippen molar-refractivity contribution in [2.24, 2.45) is 0 Å². The van der Waals surface area contributed by atoms with Crippen molar-refractivity contribution in [3.8, 4) is 0 Å². The molecular formula is C3H7O4PZn. The molecule has 0 fully saturated rings. The van der Waals surface area contributed by atoms with E-state index in [0.29, 0.717) is 0 Å². The van der Waals surface area contributed by atoms with Crippen LogP contribution in [-0.4, -0.2) is 16.4 Å². The van der Waals surface area contributed by atoms with Crippen LogP contribution < -0.4 is 0 Å². The van der Waals surface area contributed by atoms with Gasteiger partial charge >= 0.3 is 7.82 Å². The van der Waals surface area contributed by atoms with Gasteiger partial charge in [0.2, 0.25) is 0 Å². The van der Waals surface area contributed by atoms with Gasteiger partial charge in [-0.3, -0.25) is 4.52 Å². The van der Waals surface area contributed by atoms with Gasteiger partial charge in [0, 0.05) is 19.5 Å². The van der Waals surface area contributed by atoms with Crippen molar-refractivity contribution in [2.45, 2.75) is 0 Å². The fourth-order valence-electron chi connectivity index (χ4n) is 0.150. The Hall–Kier alpha value is 0.473. The van der Waals surface area contributed by atoms with Crippen molar-refractivity contribution in [2.75, 3.05) is 6.61 Å². The molecule has 0 aromatic carbocycles. The van der Waals surface area contributed by atoms with Crippen LogP contribution in [0.3, 0.4) is 0 Å². The first-order chi connectivity index (χ1) is 3.56. The summed E-state index contributed by atoms with van der Waals surface area (Å²) in [7, 11) is -4.25. The molecule has 4 nitrogen and oxygen atoms in total. The predicted molar refractivity (Wildman–Crippen MR) is 28.2 cm³/mol. The third-order valence-corrected chi connectivity index (χ3v) is 0.846. The van der Waals surface area contributed by atoms with E-state index in [4.69, 9.17) is 9.79 Å². The molecule has 0 aliphatic carbocycles. The van der Waals surface area contributed by atoms with Crippen molar-refractivity contribution < 1.29 is 38.4 Å². The molecule has 0 rings (SSSR count). The van der Waals surface area contributed by atoms with E-state index in [9.17, 15) is 4.57 Å². The monoisotopic (exact) mass is 202 g/mol. The van der Waals surface area contributed by atoms with Crippen molar-refractivity contribution in [1.29, 1.82) is 0 Å². The van der Waals surface area contributed by atoms with Crippen molar-refractivity contribution in [3.05, 3.63) is 12.7 Å². The molecule has 9 heavy (non-hydrogen) atoms. The molecule has 0 unspecified atom stereocenters. The van der Waals surface area contributed by atoms with Gasteiger partial charge in [-0.2, -0.15) is 0 Å². The first-order valence-corrected chi connectivity index (χ1v) is 3.40. The minimum absolute atomic E-state index is 0. The van der Waals surface area contributed by atoms with Gasteiger partial charge in [-0.1, -0.05) is 6.08 Å². The average Bonchev–Trinajstić information content (AvgIpc) is 1.59. The molecule has 0 amide bonds. The Labute approximate surface area is 65.9 Å². The molecule has 50 valence electrons. The smallest absolute Gasteiger partial charge is 0.303 e. The minimum atomic E-state index is -4.25. The van der Waals surface area contributed by atoms with E-state index in [1.165, 1.54) is 6.08 Å². The molecular weight excluding hydrogens is 196 g/mol. The standard InChI is InChI=1S/C3H7O4P.Zn/c1-2-3-7-8(4,5)6;/h2H,1,3H2,(H2,4,5,6);. The predicted octanol–water partition coefficient (Wildman–Crippen LogP) is 0.279. The summed E-state index contributed by atoms with van der Waals surface area (Å²) in [6.07, 6.45) is 1.26. The van der Waals surface area contributed by atoms with Gasteiger partial charge in [0.1, 0.15) is 0 Å². The number of hydrogen-bond acceptors (Lipinski definition) is 2. The quantitative estimate of drug-likeness (QED) is 0.393. The zero-order valence-corrected chi connectivity index (χ0v) is 8.72. The van der Waals surface area contributed by atoms with Crippen molar-refractivity contribution in [1.82, 2.24) is 0 Å². The fraction of sp³-hybridized carbons (Fsp3) is 0.333. The average molecular weight is 203 g/mol. The SMILES string of the molecule is C=CCOP(=O)(O)O.[Zn]. The van der Waals surface area contributed by atoms with Gasteiger partial charge in [-0.05, 0) is 0 Å². The van der Waals surface area contributed by atoms with Crippen LogP contribution in [0, 0.1) is 0 Å². The van der Waals surface area contributed by atoms with Gasteiger partial charge in [0.15, 0.2) is 0 Å². The second-order valence-corrected chi connectivity index (χ2v) is 2.31. The molecule has 0 aromatic heterocycles. The molecule has 2 N–H and O–H groups in total. The van der Waals surface area contributed by atoms with E-state index >= 15 is 0 Å². The van der Waals surface area contributed by atoms with Gasteiger partial charge in [-0.15, -0.1) is 6.58 Å². The molecule has 0 radical (unpaired) electrons. The Kier molecular flexibility index (Phi) is 7.14. The van der Waals surface area contributed by atoms with E-state index in [1.807, 2.05) is 0 Å². The van der Waals surface area contributed by atoms with Crippen LogP contribution in [0.1, 0.15) is 0 Å². The van der Waals surface area contributed by atoms with E-state index in [0.717, 1.165) is 0 Å². The summed E-state index contributed by atoms with van der Waals surface area (Å²) < 4.78 is 13.7. The number of rotatable bonds is 3. The first-order valence-electron chi connectivity index (χ1n) is 1.87. The summed E-state index contributed by atoms with van der Waals surface area (Å²) >= 11 is 0. The van der Waals surface area contributed by atoms with E-state index in [2.05, 4.69) is 11.1 Å². The van der Waals surface area contributed by atoms with Gasteiger partial charge in [0.05, 0.1) is 6.61 Å². The minimum Gasteiger partial charge on any atom is -0.303 e. The van der Waals surface area contributed by atoms with Crippen LogP contribution >= 0.6 is 7.82 Å². The second-order valence-electron chi connectivity index (χ2n) is 1.08. The van der Waals surface area contributed by atoms with Gasteiger partial charge in [0.25, 0.3) is 0 Å². The molecule has 0 bridgehead atoms. The van der Waals surface area contributed by atoms with E-state index in [1.54, 1.807) is 0 Å². The molecule has 0 heterocycles. The third kappa shape index (κ3) is 11.9. The molecule has 0 spiro atoms. The Balaban J connectivity index is 0. The molecule has 0 aliphatic rings. The topological polar surface area (TPSA) is 66.8 Å². The summed E-state index contributed by atoms with van der Waals surface area (Å²) in [5, 5.41) is 0. The first kappa shape index (κ1) is 12.2. The van der Waals surface area contributed by atoms with Crippen molar-refractivity contribution >= 4 is 7.82 Å². The molecule has 0 aliphatic heterocycles. The normalized spacial score (nSPS) is 10.0. The summed E-state index contributed by atoms with van der Waals surface area (Å²) in [6, 6.07) is 0. The van der Waals surface area contributed by atoms with E-state index < -0.39 is 7.82 Å². The summed E-state index contributed by atoms with van der Waals surface area (Å²) in [6.45, 7) is 3.07. The van der Waals surface area contributed by atoms with Crippen LogP contribution in [0.4, 0.5) is 0 Å². The van der Waals surface area contributed by atoms with Gasteiger partial charge in [-0.25, -0.2) is 4.57 Å². The maximum absolute atomic E-state index is 9.81. The Morgan fingerprint density at radius 3 is 2.22 bits per heavy atom. The van der Waals surface area contributed by atoms with E-state index in [-0.39, 0.29) is 26.1 Å². The largest absolute Gasteiger partial charge is 0.469 e. The zero-order valence-electron chi connectivity index (χ0n) is 4.86. The Morgan fingerprint density at radius 1 is 1.67 bits per heavy atom. The van der Waals surface area contributed by atoms with Gasteiger partial charge < -0.3 is 9.79 Å². The summed E-state index contributed by atoms with van der Waals surface area (Å²) in [5.41, 5.74) is 0. The second kappa shape index (κ2) is 5.27.